The van der Waals surface area contributed by atoms with Gasteiger partial charge in [-0.1, -0.05) is 127 Å². The summed E-state index contributed by atoms with van der Waals surface area (Å²) >= 11 is 0. The van der Waals surface area contributed by atoms with Crippen LogP contribution in [0.15, 0.2) is 189 Å². The van der Waals surface area contributed by atoms with Gasteiger partial charge in [-0.05, 0) is 74.6 Å². The molecular formula is C49H38N4O4. The minimum atomic E-state index is -0.713. The van der Waals surface area contributed by atoms with E-state index in [4.69, 9.17) is 9.47 Å². The van der Waals surface area contributed by atoms with Crippen molar-refractivity contribution >= 4 is 33.1 Å². The molecule has 278 valence electrons. The third-order valence-corrected chi connectivity index (χ3v) is 10.1. The molecule has 7 aromatic carbocycles. The Bertz CT molecular complexity index is 2700. The Kier molecular flexibility index (Phi) is 10.2. The summed E-state index contributed by atoms with van der Waals surface area (Å²) in [6, 6.07) is 54.0. The van der Waals surface area contributed by atoms with Crippen LogP contribution in [0.1, 0.15) is 48.8 Å². The lowest BCUT2D eigenvalue weighted by Crippen LogP contribution is -2.37. The average Bonchev–Trinajstić information content (AvgIpc) is 4.01. The van der Waals surface area contributed by atoms with E-state index in [1.54, 1.807) is 20.5 Å². The summed E-state index contributed by atoms with van der Waals surface area (Å²) in [7, 11) is 3.28. The number of fused-ring (bicyclic) bond motifs is 2. The monoisotopic (exact) mass is 746 g/mol. The normalized spacial score (nSPS) is 11.1. The van der Waals surface area contributed by atoms with Crippen LogP contribution in [0.3, 0.4) is 0 Å². The van der Waals surface area contributed by atoms with Gasteiger partial charge >= 0.3 is 0 Å². The van der Waals surface area contributed by atoms with Gasteiger partial charge in [0.15, 0.2) is 0 Å². The standard InChI is InChI=1S/C34H26N2O2.C15H12N2O2/c1-38-31-20-19-25-21-27(18-17-26(25)22-31)33(37)32-23-36(24-35-32)34(28-11-5-2-6-12-28,29-13-7-3-8-14-29)30-15-9-4-10-16-30;1-19-13-5-4-10-6-12(3-2-11(10)7-13)15(18)14-8-16-9-17-14/h2-24H,1H3;2-9H,1H3,(H,16,17). The first-order valence-electron chi connectivity index (χ1n) is 18.4. The van der Waals surface area contributed by atoms with E-state index in [-0.39, 0.29) is 11.6 Å². The first-order valence-corrected chi connectivity index (χ1v) is 18.4. The highest BCUT2D eigenvalue weighted by atomic mass is 16.5. The number of aromatic nitrogens is 4. The molecule has 8 heteroatoms. The van der Waals surface area contributed by atoms with E-state index in [0.29, 0.717) is 22.5 Å². The van der Waals surface area contributed by atoms with Crippen LogP contribution in [-0.2, 0) is 5.54 Å². The summed E-state index contributed by atoms with van der Waals surface area (Å²) in [5.41, 5.74) is 4.64. The van der Waals surface area contributed by atoms with Crippen molar-refractivity contribution in [2.24, 2.45) is 0 Å². The van der Waals surface area contributed by atoms with Crippen LogP contribution in [0.2, 0.25) is 0 Å². The minimum absolute atomic E-state index is 0.0600. The minimum Gasteiger partial charge on any atom is -0.497 e. The zero-order valence-corrected chi connectivity index (χ0v) is 31.4. The Labute approximate surface area is 330 Å². The molecule has 0 atom stereocenters. The molecule has 1 N–H and O–H groups in total. The van der Waals surface area contributed by atoms with Gasteiger partial charge < -0.3 is 19.0 Å². The van der Waals surface area contributed by atoms with Gasteiger partial charge in [0.05, 0.1) is 33.1 Å². The number of methoxy groups -OCH3 is 2. The zero-order chi connectivity index (χ0) is 39.2. The molecule has 57 heavy (non-hydrogen) atoms. The molecule has 8 nitrogen and oxygen atoms in total. The molecule has 2 aromatic heterocycles. The Morgan fingerprint density at radius 1 is 0.561 bits per heavy atom. The van der Waals surface area contributed by atoms with Crippen LogP contribution in [0.25, 0.3) is 21.5 Å². The summed E-state index contributed by atoms with van der Waals surface area (Å²) in [5, 5.41) is 4.04. The number of ether oxygens (including phenoxy) is 2. The third kappa shape index (κ3) is 7.20. The molecule has 0 radical (unpaired) electrons. The Balaban J connectivity index is 0.000000200. The van der Waals surface area contributed by atoms with Crippen LogP contribution in [0.5, 0.6) is 11.5 Å². The summed E-state index contributed by atoms with van der Waals surface area (Å²) in [6.45, 7) is 0. The van der Waals surface area contributed by atoms with Crippen molar-refractivity contribution in [1.29, 1.82) is 0 Å². The number of aromatic amines is 1. The molecule has 2 heterocycles. The lowest BCUT2D eigenvalue weighted by atomic mass is 9.77. The van der Waals surface area contributed by atoms with Crippen molar-refractivity contribution in [3.63, 3.8) is 0 Å². The van der Waals surface area contributed by atoms with Gasteiger partial charge in [-0.3, -0.25) is 9.59 Å². The molecule has 0 amide bonds. The first kappa shape index (κ1) is 36.4. The van der Waals surface area contributed by atoms with Gasteiger partial charge in [-0.25, -0.2) is 9.97 Å². The van der Waals surface area contributed by atoms with E-state index in [1.165, 1.54) is 12.5 Å². The number of nitrogens with one attached hydrogen (secondary N) is 1. The number of rotatable bonds is 10. The number of carbonyl (C=O) groups is 2. The van der Waals surface area contributed by atoms with Gasteiger partial charge in [-0.15, -0.1) is 0 Å². The van der Waals surface area contributed by atoms with E-state index in [2.05, 4.69) is 55.9 Å². The van der Waals surface area contributed by atoms with Crippen LogP contribution in [-0.4, -0.2) is 45.3 Å². The predicted octanol–water partition coefficient (Wildman–Crippen LogP) is 9.92. The molecule has 0 bridgehead atoms. The lowest BCUT2D eigenvalue weighted by Gasteiger charge is -2.37. The van der Waals surface area contributed by atoms with Crippen LogP contribution >= 0.6 is 0 Å². The number of benzene rings is 7. The Hall–Kier alpha value is -7.58. The Morgan fingerprint density at radius 3 is 1.47 bits per heavy atom. The van der Waals surface area contributed by atoms with Crippen LogP contribution in [0, 0.1) is 0 Å². The van der Waals surface area contributed by atoms with Crippen molar-refractivity contribution in [2.75, 3.05) is 14.2 Å². The SMILES string of the molecule is COc1ccc2cc(C(=O)c3cn(C(c4ccccc4)(c4ccccc4)c4ccccc4)cn3)ccc2c1.COc1ccc2cc(C(=O)c3cnc[nH]3)ccc2c1. The van der Waals surface area contributed by atoms with E-state index in [9.17, 15) is 9.59 Å². The predicted molar refractivity (Wildman–Crippen MR) is 223 cm³/mol. The van der Waals surface area contributed by atoms with E-state index < -0.39 is 5.54 Å². The first-order chi connectivity index (χ1) is 28.0. The lowest BCUT2D eigenvalue weighted by molar-refractivity contribution is 0.102. The fourth-order valence-corrected chi connectivity index (χ4v) is 7.28. The number of carbonyl (C=O) groups excluding carboxylic acids is 2. The number of hydrogen-bond donors (Lipinski definition) is 1. The quantitative estimate of drug-likeness (QED) is 0.111. The number of hydrogen-bond acceptors (Lipinski definition) is 6. The topological polar surface area (TPSA) is 99.1 Å². The van der Waals surface area contributed by atoms with Gasteiger partial charge in [0.1, 0.15) is 28.4 Å². The molecule has 0 unspecified atom stereocenters. The van der Waals surface area contributed by atoms with Crippen molar-refractivity contribution in [3.8, 4) is 11.5 Å². The second kappa shape index (κ2) is 16.0. The second-order valence-corrected chi connectivity index (χ2v) is 13.5. The van der Waals surface area contributed by atoms with Gasteiger partial charge in [0.2, 0.25) is 11.6 Å². The molecule has 0 aliphatic heterocycles. The fraction of sp³-hybridized carbons (Fsp3) is 0.0612. The summed E-state index contributed by atoms with van der Waals surface area (Å²) in [6.07, 6.45) is 6.67. The maximum Gasteiger partial charge on any atom is 0.212 e. The van der Waals surface area contributed by atoms with Crippen molar-refractivity contribution in [3.05, 3.63) is 228 Å². The summed E-state index contributed by atoms with van der Waals surface area (Å²) < 4.78 is 12.6. The van der Waals surface area contributed by atoms with Crippen LogP contribution < -0.4 is 9.47 Å². The molecular weight excluding hydrogens is 709 g/mol. The van der Waals surface area contributed by atoms with Gasteiger partial charge in [0.25, 0.3) is 0 Å². The number of H-pyrrole nitrogens is 1. The highest BCUT2D eigenvalue weighted by molar-refractivity contribution is 6.10. The summed E-state index contributed by atoms with van der Waals surface area (Å²) in [4.78, 5) is 37.2. The van der Waals surface area contributed by atoms with E-state index in [1.807, 2.05) is 134 Å². The zero-order valence-electron chi connectivity index (χ0n) is 31.4. The maximum atomic E-state index is 13.7. The molecule has 9 aromatic rings. The van der Waals surface area contributed by atoms with Crippen LogP contribution in [0.4, 0.5) is 0 Å². The average molecular weight is 747 g/mol. The highest BCUT2D eigenvalue weighted by Gasteiger charge is 2.38. The number of imidazole rings is 2. The number of ketones is 2. The second-order valence-electron chi connectivity index (χ2n) is 13.5. The fourth-order valence-electron chi connectivity index (χ4n) is 7.28. The van der Waals surface area contributed by atoms with Crippen molar-refractivity contribution in [1.82, 2.24) is 19.5 Å². The number of nitrogens with zero attached hydrogens (tertiary/aromatic N) is 3. The van der Waals surface area contributed by atoms with Gasteiger partial charge in [-0.2, -0.15) is 0 Å². The molecule has 0 fully saturated rings. The third-order valence-electron chi connectivity index (χ3n) is 10.1. The van der Waals surface area contributed by atoms with E-state index in [0.717, 1.165) is 49.7 Å². The van der Waals surface area contributed by atoms with E-state index >= 15 is 0 Å². The molecule has 0 spiro atoms. The maximum absolute atomic E-state index is 13.7. The van der Waals surface area contributed by atoms with Crippen molar-refractivity contribution < 1.29 is 19.1 Å². The highest BCUT2D eigenvalue weighted by Crippen LogP contribution is 2.41. The largest absolute Gasteiger partial charge is 0.497 e. The smallest absolute Gasteiger partial charge is 0.212 e. The van der Waals surface area contributed by atoms with Gasteiger partial charge in [0, 0.05) is 17.3 Å². The van der Waals surface area contributed by atoms with Crippen molar-refractivity contribution in [2.45, 2.75) is 5.54 Å². The Morgan fingerprint density at radius 2 is 1.02 bits per heavy atom. The molecule has 0 saturated carbocycles. The molecule has 0 aliphatic rings. The molecule has 9 rings (SSSR count). The molecule has 0 saturated heterocycles. The summed E-state index contributed by atoms with van der Waals surface area (Å²) in [5.74, 6) is 1.41. The molecule has 0 aliphatic carbocycles.